The Labute approximate surface area is 66.5 Å². The molecule has 1 aliphatic carbocycles. The SMILES string of the molecule is O=C1C=CC(=O)C(I)C1. The average molecular weight is 236 g/mol. The fraction of sp³-hybridized carbons (Fsp3) is 0.333. The lowest BCUT2D eigenvalue weighted by atomic mass is 10.1. The van der Waals surface area contributed by atoms with E-state index in [1.54, 1.807) is 0 Å². The van der Waals surface area contributed by atoms with Gasteiger partial charge < -0.3 is 0 Å². The van der Waals surface area contributed by atoms with Crippen molar-refractivity contribution in [3.05, 3.63) is 12.2 Å². The smallest absolute Gasteiger partial charge is 0.169 e. The predicted octanol–water partition coefficient (Wildman–Crippen LogP) is 0.888. The van der Waals surface area contributed by atoms with Crippen LogP contribution in [0.3, 0.4) is 0 Å². The summed E-state index contributed by atoms with van der Waals surface area (Å²) < 4.78 is -0.125. The molecule has 1 unspecified atom stereocenters. The van der Waals surface area contributed by atoms with Crippen molar-refractivity contribution in [2.24, 2.45) is 0 Å². The van der Waals surface area contributed by atoms with Crippen LogP contribution in [0.15, 0.2) is 12.2 Å². The van der Waals surface area contributed by atoms with Crippen molar-refractivity contribution in [1.29, 1.82) is 0 Å². The molecule has 0 saturated heterocycles. The molecule has 0 N–H and O–H groups in total. The quantitative estimate of drug-likeness (QED) is 0.462. The first-order valence-corrected chi connectivity index (χ1v) is 3.83. The summed E-state index contributed by atoms with van der Waals surface area (Å²) in [6, 6.07) is 0. The third-order valence-corrected chi connectivity index (χ3v) is 2.18. The Kier molecular flexibility index (Phi) is 2.00. The van der Waals surface area contributed by atoms with Gasteiger partial charge in [0.05, 0.1) is 3.92 Å². The predicted molar refractivity (Wildman–Crippen MR) is 41.6 cm³/mol. The minimum Gasteiger partial charge on any atom is -0.295 e. The molecule has 1 aliphatic rings. The van der Waals surface area contributed by atoms with Crippen LogP contribution in [0.4, 0.5) is 0 Å². The highest BCUT2D eigenvalue weighted by Crippen LogP contribution is 2.13. The zero-order valence-electron chi connectivity index (χ0n) is 4.63. The van der Waals surface area contributed by atoms with Gasteiger partial charge in [0.2, 0.25) is 0 Å². The lowest BCUT2D eigenvalue weighted by Crippen LogP contribution is -2.19. The van der Waals surface area contributed by atoms with Gasteiger partial charge in [-0.15, -0.1) is 0 Å². The van der Waals surface area contributed by atoms with Gasteiger partial charge in [0.15, 0.2) is 11.6 Å². The molecule has 0 aromatic heterocycles. The molecule has 0 aliphatic heterocycles. The number of halogens is 1. The Morgan fingerprint density at radius 1 is 1.44 bits per heavy atom. The second-order valence-electron chi connectivity index (χ2n) is 1.87. The summed E-state index contributed by atoms with van der Waals surface area (Å²) in [5.41, 5.74) is 0. The van der Waals surface area contributed by atoms with Crippen molar-refractivity contribution in [1.82, 2.24) is 0 Å². The molecule has 0 radical (unpaired) electrons. The highest BCUT2D eigenvalue weighted by atomic mass is 127. The van der Waals surface area contributed by atoms with Crippen LogP contribution in [0.1, 0.15) is 6.42 Å². The molecule has 0 fully saturated rings. The van der Waals surface area contributed by atoms with Crippen LogP contribution in [-0.4, -0.2) is 15.5 Å². The van der Waals surface area contributed by atoms with Crippen molar-refractivity contribution in [2.75, 3.05) is 0 Å². The minimum absolute atomic E-state index is 0.0500. The molecule has 0 amide bonds. The van der Waals surface area contributed by atoms with E-state index >= 15 is 0 Å². The number of carbonyl (C=O) groups excluding carboxylic acids is 2. The molecule has 0 spiro atoms. The van der Waals surface area contributed by atoms with E-state index in [2.05, 4.69) is 0 Å². The molecule has 0 aromatic carbocycles. The topological polar surface area (TPSA) is 34.1 Å². The van der Waals surface area contributed by atoms with Crippen LogP contribution in [-0.2, 0) is 9.59 Å². The summed E-state index contributed by atoms with van der Waals surface area (Å²) in [5, 5.41) is 0. The van der Waals surface area contributed by atoms with E-state index in [1.807, 2.05) is 22.6 Å². The first kappa shape index (κ1) is 6.92. The third kappa shape index (κ3) is 1.61. The Hall–Kier alpha value is -0.190. The highest BCUT2D eigenvalue weighted by Gasteiger charge is 2.18. The molecule has 2 nitrogen and oxygen atoms in total. The molecule has 1 atom stereocenters. The Balaban J connectivity index is 2.76. The summed E-state index contributed by atoms with van der Waals surface area (Å²) in [6.45, 7) is 0. The molecule has 3 heteroatoms. The van der Waals surface area contributed by atoms with Crippen molar-refractivity contribution in [3.63, 3.8) is 0 Å². The fourth-order valence-corrected chi connectivity index (χ4v) is 1.27. The normalized spacial score (nSPS) is 27.0. The monoisotopic (exact) mass is 236 g/mol. The maximum absolute atomic E-state index is 10.7. The van der Waals surface area contributed by atoms with E-state index in [0.717, 1.165) is 0 Å². The molecular weight excluding hydrogens is 231 g/mol. The van der Waals surface area contributed by atoms with Crippen LogP contribution in [0.25, 0.3) is 0 Å². The lowest BCUT2D eigenvalue weighted by Gasteiger charge is -2.06. The number of hydrogen-bond donors (Lipinski definition) is 0. The van der Waals surface area contributed by atoms with E-state index in [9.17, 15) is 9.59 Å². The van der Waals surface area contributed by atoms with Crippen LogP contribution < -0.4 is 0 Å². The standard InChI is InChI=1S/C6H5IO2/c7-5-3-4(8)1-2-6(5)9/h1-2,5H,3H2. The van der Waals surface area contributed by atoms with Crippen molar-refractivity contribution >= 4 is 34.2 Å². The first-order chi connectivity index (χ1) is 4.20. The van der Waals surface area contributed by atoms with E-state index in [4.69, 9.17) is 0 Å². The Morgan fingerprint density at radius 2 is 2.11 bits per heavy atom. The maximum atomic E-state index is 10.7. The summed E-state index contributed by atoms with van der Waals surface area (Å²) in [5.74, 6) is 0.101. The fourth-order valence-electron chi connectivity index (χ4n) is 0.625. The number of allylic oxidation sites excluding steroid dienone is 2. The molecule has 9 heavy (non-hydrogen) atoms. The molecule has 0 bridgehead atoms. The van der Waals surface area contributed by atoms with Gasteiger partial charge in [-0.3, -0.25) is 9.59 Å². The number of carbonyl (C=O) groups is 2. The van der Waals surface area contributed by atoms with Gasteiger partial charge >= 0.3 is 0 Å². The number of ketones is 2. The van der Waals surface area contributed by atoms with Gasteiger partial charge in [-0.05, 0) is 12.2 Å². The van der Waals surface area contributed by atoms with E-state index < -0.39 is 0 Å². The van der Waals surface area contributed by atoms with E-state index in [0.29, 0.717) is 6.42 Å². The summed E-state index contributed by atoms with van der Waals surface area (Å²) in [7, 11) is 0. The van der Waals surface area contributed by atoms with Crippen molar-refractivity contribution < 1.29 is 9.59 Å². The zero-order chi connectivity index (χ0) is 6.85. The van der Waals surface area contributed by atoms with Gasteiger partial charge in [-0.1, -0.05) is 22.6 Å². The second kappa shape index (κ2) is 2.60. The minimum atomic E-state index is -0.125. The first-order valence-electron chi connectivity index (χ1n) is 2.59. The summed E-state index contributed by atoms with van der Waals surface area (Å²) >= 11 is 1.98. The Morgan fingerprint density at radius 3 is 2.56 bits per heavy atom. The summed E-state index contributed by atoms with van der Waals surface area (Å²) in [4.78, 5) is 21.3. The van der Waals surface area contributed by atoms with Crippen LogP contribution in [0, 0.1) is 0 Å². The van der Waals surface area contributed by atoms with Gasteiger partial charge in [0, 0.05) is 6.42 Å². The number of hydrogen-bond acceptors (Lipinski definition) is 2. The van der Waals surface area contributed by atoms with Gasteiger partial charge in [0.1, 0.15) is 0 Å². The highest BCUT2D eigenvalue weighted by molar-refractivity contribution is 14.1. The third-order valence-electron chi connectivity index (χ3n) is 1.12. The molecule has 0 heterocycles. The van der Waals surface area contributed by atoms with Gasteiger partial charge in [0.25, 0.3) is 0 Å². The van der Waals surface area contributed by atoms with E-state index in [1.165, 1.54) is 12.2 Å². The molecular formula is C6H5IO2. The van der Waals surface area contributed by atoms with Crippen LogP contribution in [0.5, 0.6) is 0 Å². The maximum Gasteiger partial charge on any atom is 0.169 e. The molecule has 0 saturated carbocycles. The van der Waals surface area contributed by atoms with Gasteiger partial charge in [-0.25, -0.2) is 0 Å². The van der Waals surface area contributed by atoms with E-state index in [-0.39, 0.29) is 15.5 Å². The average Bonchev–Trinajstić information content (AvgIpc) is 1.80. The molecule has 48 valence electrons. The lowest BCUT2D eigenvalue weighted by molar-refractivity contribution is -0.120. The molecule has 0 aromatic rings. The van der Waals surface area contributed by atoms with Crippen LogP contribution >= 0.6 is 22.6 Å². The van der Waals surface area contributed by atoms with Crippen molar-refractivity contribution in [3.8, 4) is 0 Å². The van der Waals surface area contributed by atoms with Crippen molar-refractivity contribution in [2.45, 2.75) is 10.3 Å². The Bertz CT molecular complexity index is 183. The second-order valence-corrected chi connectivity index (χ2v) is 3.38. The molecule has 1 rings (SSSR count). The van der Waals surface area contributed by atoms with Crippen LogP contribution in [0.2, 0.25) is 0 Å². The summed E-state index contributed by atoms with van der Waals surface area (Å²) in [6.07, 6.45) is 3.07. The van der Waals surface area contributed by atoms with Gasteiger partial charge in [-0.2, -0.15) is 0 Å². The number of rotatable bonds is 0. The zero-order valence-corrected chi connectivity index (χ0v) is 6.79. The largest absolute Gasteiger partial charge is 0.295 e. The number of alkyl halides is 1.